The molecule has 1 aromatic rings. The zero-order valence-corrected chi connectivity index (χ0v) is 21.8. The van der Waals surface area contributed by atoms with E-state index in [1.54, 1.807) is 19.3 Å². The SMILES string of the molecule is C=C/C=C(\C(=C)OC)C(=O)NCC1(C2=CCC(OC)=CC3CC23)CCN(C(=N)Oc2ccccc2)CC1.[HH]. The summed E-state index contributed by atoms with van der Waals surface area (Å²) in [6.07, 6.45) is 11.2. The van der Waals surface area contributed by atoms with Gasteiger partial charge >= 0.3 is 0 Å². The number of allylic oxidation sites excluding steroid dienone is 4. The van der Waals surface area contributed by atoms with E-state index in [1.807, 2.05) is 35.2 Å². The normalized spacial score (nSPS) is 22.3. The Morgan fingerprint density at radius 3 is 2.65 bits per heavy atom. The molecule has 2 fully saturated rings. The van der Waals surface area contributed by atoms with E-state index >= 15 is 0 Å². The smallest absolute Gasteiger partial charge is 0.289 e. The summed E-state index contributed by atoms with van der Waals surface area (Å²) in [4.78, 5) is 15.1. The zero-order chi connectivity index (χ0) is 26.4. The number of hydrogen-bond acceptors (Lipinski definition) is 5. The van der Waals surface area contributed by atoms with Crippen molar-refractivity contribution in [3.8, 4) is 5.75 Å². The van der Waals surface area contributed by atoms with Crippen molar-refractivity contribution in [2.24, 2.45) is 17.3 Å². The lowest BCUT2D eigenvalue weighted by Crippen LogP contribution is -2.50. The molecule has 1 aliphatic heterocycles. The summed E-state index contributed by atoms with van der Waals surface area (Å²) in [5.74, 6) is 2.68. The summed E-state index contributed by atoms with van der Waals surface area (Å²) in [6, 6.07) is 9.57. The molecule has 37 heavy (non-hydrogen) atoms. The number of benzene rings is 1. The number of methoxy groups -OCH3 is 2. The first-order valence-electron chi connectivity index (χ1n) is 12.8. The molecule has 7 heteroatoms. The fraction of sp³-hybridized carbons (Fsp3) is 0.400. The number of fused-ring (bicyclic) bond motifs is 1. The third kappa shape index (κ3) is 5.98. The Hall–Kier alpha value is -3.74. The maximum atomic E-state index is 13.2. The number of rotatable bonds is 9. The molecule has 1 amide bonds. The fourth-order valence-corrected chi connectivity index (χ4v) is 5.42. The average molecular weight is 506 g/mol. The zero-order valence-electron chi connectivity index (χ0n) is 21.8. The first kappa shape index (κ1) is 26.3. The van der Waals surface area contributed by atoms with E-state index in [9.17, 15) is 4.79 Å². The predicted molar refractivity (Wildman–Crippen MR) is 147 cm³/mol. The molecule has 4 rings (SSSR count). The number of carbonyl (C=O) groups is 1. The summed E-state index contributed by atoms with van der Waals surface area (Å²) < 4.78 is 16.6. The molecule has 2 atom stereocenters. The largest absolute Gasteiger partial charge is 0.501 e. The molecule has 198 valence electrons. The van der Waals surface area contributed by atoms with E-state index in [0.29, 0.717) is 48.6 Å². The van der Waals surface area contributed by atoms with Crippen LogP contribution in [0.1, 0.15) is 27.1 Å². The lowest BCUT2D eigenvalue weighted by atomic mass is 9.70. The lowest BCUT2D eigenvalue weighted by molar-refractivity contribution is -0.118. The van der Waals surface area contributed by atoms with Gasteiger partial charge in [0.25, 0.3) is 11.9 Å². The molecule has 0 radical (unpaired) electrons. The van der Waals surface area contributed by atoms with Gasteiger partial charge in [0.15, 0.2) is 0 Å². The molecule has 2 N–H and O–H groups in total. The van der Waals surface area contributed by atoms with Crippen LogP contribution in [0.4, 0.5) is 0 Å². The number of piperidine rings is 1. The highest BCUT2D eigenvalue weighted by Crippen LogP contribution is 2.56. The molecule has 3 aliphatic rings. The minimum atomic E-state index is -0.231. The van der Waals surface area contributed by atoms with E-state index < -0.39 is 0 Å². The number of carbonyl (C=O) groups excluding carboxylic acids is 1. The molecule has 2 unspecified atom stereocenters. The minimum Gasteiger partial charge on any atom is -0.501 e. The molecule has 7 nitrogen and oxygen atoms in total. The Bertz CT molecular complexity index is 1130. The Kier molecular flexibility index (Phi) is 8.21. The van der Waals surface area contributed by atoms with Gasteiger partial charge in [0.05, 0.1) is 25.6 Å². The highest BCUT2D eigenvalue weighted by Gasteiger charge is 2.49. The van der Waals surface area contributed by atoms with Crippen molar-refractivity contribution in [3.63, 3.8) is 0 Å². The van der Waals surface area contributed by atoms with Crippen LogP contribution in [0, 0.1) is 22.7 Å². The second-order valence-electron chi connectivity index (χ2n) is 9.82. The number of nitrogens with zero attached hydrogens (tertiary/aromatic N) is 1. The van der Waals surface area contributed by atoms with Gasteiger partial charge in [-0.3, -0.25) is 10.2 Å². The van der Waals surface area contributed by atoms with Gasteiger partial charge in [0.2, 0.25) is 0 Å². The highest BCUT2D eigenvalue weighted by atomic mass is 16.5. The summed E-state index contributed by atoms with van der Waals surface area (Å²) in [5.41, 5.74) is 1.55. The van der Waals surface area contributed by atoms with Crippen LogP contribution in [0.5, 0.6) is 5.75 Å². The lowest BCUT2D eigenvalue weighted by Gasteiger charge is -2.44. The third-order valence-corrected chi connectivity index (χ3v) is 7.67. The maximum Gasteiger partial charge on any atom is 0.289 e. The van der Waals surface area contributed by atoms with Crippen LogP contribution < -0.4 is 10.1 Å². The molecule has 1 aromatic carbocycles. The van der Waals surface area contributed by atoms with Gasteiger partial charge in [-0.15, -0.1) is 0 Å². The second kappa shape index (κ2) is 11.5. The van der Waals surface area contributed by atoms with E-state index in [2.05, 4.69) is 30.6 Å². The molecular formula is C30H39N3O4. The van der Waals surface area contributed by atoms with Crippen molar-refractivity contribution in [2.45, 2.75) is 25.7 Å². The fourth-order valence-electron chi connectivity index (χ4n) is 5.42. The second-order valence-corrected chi connectivity index (χ2v) is 9.82. The molecule has 0 bridgehead atoms. The van der Waals surface area contributed by atoms with Crippen LogP contribution in [0.25, 0.3) is 0 Å². The molecule has 2 aliphatic carbocycles. The Labute approximate surface area is 221 Å². The first-order chi connectivity index (χ1) is 17.9. The molecule has 1 saturated heterocycles. The van der Waals surface area contributed by atoms with Crippen molar-refractivity contribution in [1.82, 2.24) is 10.2 Å². The molecule has 1 heterocycles. The number of ether oxygens (including phenoxy) is 3. The molecule has 1 saturated carbocycles. The van der Waals surface area contributed by atoms with Gasteiger partial charge in [-0.25, -0.2) is 0 Å². The molecule has 0 aromatic heterocycles. The molecule has 0 spiro atoms. The van der Waals surface area contributed by atoms with Crippen LogP contribution in [0.2, 0.25) is 0 Å². The monoisotopic (exact) mass is 505 g/mol. The van der Waals surface area contributed by atoms with Crippen molar-refractivity contribution < 1.29 is 20.4 Å². The Balaban J connectivity index is 0.00000400. The van der Waals surface area contributed by atoms with Crippen molar-refractivity contribution in [2.75, 3.05) is 33.9 Å². The quantitative estimate of drug-likeness (QED) is 0.120. The van der Waals surface area contributed by atoms with Gasteiger partial charge in [0, 0.05) is 32.9 Å². The third-order valence-electron chi connectivity index (χ3n) is 7.67. The molecular weight excluding hydrogens is 466 g/mol. The van der Waals surface area contributed by atoms with Crippen LogP contribution >= 0.6 is 0 Å². The van der Waals surface area contributed by atoms with E-state index in [1.165, 1.54) is 12.7 Å². The van der Waals surface area contributed by atoms with Crippen LogP contribution in [-0.2, 0) is 14.3 Å². The topological polar surface area (TPSA) is 83.9 Å². The minimum absolute atomic E-state index is 0. The van der Waals surface area contributed by atoms with Gasteiger partial charge in [-0.1, -0.05) is 49.1 Å². The standard InChI is InChI=1S/C30H37N3O4.H2/c1-5-9-25(21(2)35-3)28(34)32-20-30(27-13-12-24(36-4)18-22-19-26(22)27)14-16-33(17-15-30)29(31)37-23-10-7-6-8-11-23;/h5-11,13,18,22,26,31H,1-2,12,14-17,19-20H2,3-4H3,(H,32,34);1H/b25-9+,31-29?;. The highest BCUT2D eigenvalue weighted by molar-refractivity contribution is 5.97. The summed E-state index contributed by atoms with van der Waals surface area (Å²) in [5, 5.41) is 11.7. The number of nitrogens with one attached hydrogen (secondary N) is 2. The van der Waals surface area contributed by atoms with E-state index in [-0.39, 0.29) is 18.8 Å². The average Bonchev–Trinajstić information content (AvgIpc) is 3.70. The number of hydrogen-bond donors (Lipinski definition) is 2. The van der Waals surface area contributed by atoms with Crippen LogP contribution in [0.3, 0.4) is 0 Å². The summed E-state index contributed by atoms with van der Waals surface area (Å²) in [7, 11) is 3.23. The van der Waals surface area contributed by atoms with E-state index in [4.69, 9.17) is 19.6 Å². The van der Waals surface area contributed by atoms with Crippen molar-refractivity contribution in [3.05, 3.63) is 90.5 Å². The summed E-state index contributed by atoms with van der Waals surface area (Å²) >= 11 is 0. The van der Waals surface area contributed by atoms with Gasteiger partial charge in [-0.2, -0.15) is 0 Å². The van der Waals surface area contributed by atoms with Crippen molar-refractivity contribution in [1.29, 1.82) is 5.41 Å². The number of amidine groups is 1. The van der Waals surface area contributed by atoms with Gasteiger partial charge in [-0.05, 0) is 55.4 Å². The van der Waals surface area contributed by atoms with Gasteiger partial charge < -0.3 is 24.4 Å². The van der Waals surface area contributed by atoms with Crippen LogP contribution in [0.15, 0.2) is 90.5 Å². The van der Waals surface area contributed by atoms with E-state index in [0.717, 1.165) is 31.4 Å². The Morgan fingerprint density at radius 1 is 1.27 bits per heavy atom. The number of likely N-dealkylation sites (tertiary alicyclic amines) is 1. The van der Waals surface area contributed by atoms with Gasteiger partial charge in [0.1, 0.15) is 11.5 Å². The van der Waals surface area contributed by atoms with Crippen LogP contribution in [-0.4, -0.2) is 50.7 Å². The summed E-state index contributed by atoms with van der Waals surface area (Å²) in [6.45, 7) is 9.40. The number of para-hydroxylation sites is 1. The Morgan fingerprint density at radius 2 is 2.00 bits per heavy atom. The van der Waals surface area contributed by atoms with Crippen molar-refractivity contribution >= 4 is 11.9 Å². The maximum absolute atomic E-state index is 13.2. The first-order valence-corrected chi connectivity index (χ1v) is 12.8. The predicted octanol–water partition coefficient (Wildman–Crippen LogP) is 5.21. The number of amides is 1.